The van der Waals surface area contributed by atoms with Crippen LogP contribution in [-0.4, -0.2) is 34.6 Å². The highest BCUT2D eigenvalue weighted by Crippen LogP contribution is 2.28. The van der Waals surface area contributed by atoms with Gasteiger partial charge in [-0.1, -0.05) is 62.7 Å². The van der Waals surface area contributed by atoms with E-state index in [4.69, 9.17) is 11.6 Å². The number of aliphatic imine (C=N–C) groups is 1. The zero-order valence-electron chi connectivity index (χ0n) is 17.4. The third-order valence-corrected chi connectivity index (χ3v) is 5.16. The molecular weight excluding hydrogens is 386 g/mol. The molecule has 6 heteroatoms. The molecule has 0 fully saturated rings. The number of hydrogen-bond acceptors (Lipinski definition) is 3. The van der Waals surface area contributed by atoms with Crippen LogP contribution >= 0.6 is 11.6 Å². The molecular formula is C23H26ClN3O2. The molecule has 0 saturated carbocycles. The van der Waals surface area contributed by atoms with Gasteiger partial charge in [0.2, 0.25) is 5.91 Å². The molecule has 0 saturated heterocycles. The first-order valence-electron chi connectivity index (χ1n) is 9.55. The van der Waals surface area contributed by atoms with E-state index in [0.29, 0.717) is 16.4 Å². The number of carbonyl (C=O) groups excluding carboxylic acids is 2. The summed E-state index contributed by atoms with van der Waals surface area (Å²) in [5.41, 5.74) is 2.14. The molecule has 1 N–H and O–H groups in total. The fourth-order valence-electron chi connectivity index (χ4n) is 3.25. The summed E-state index contributed by atoms with van der Waals surface area (Å²) in [5.74, 6) is -0.548. The van der Waals surface area contributed by atoms with Gasteiger partial charge in [0.05, 0.1) is 0 Å². The quantitative estimate of drug-likeness (QED) is 0.796. The number of halogens is 1. The number of hydrogen-bond donors (Lipinski definition) is 1. The molecule has 1 aliphatic rings. The standard InChI is InChI=1S/C23H26ClN3O2/c1-22(2,3)16-11-9-15(10-12-16)20-21(29)27(23(4,5)26-20)14-19(28)25-18-8-6-7-17(24)13-18/h6-13H,14H2,1-5H3,(H,25,28). The molecule has 0 spiro atoms. The highest BCUT2D eigenvalue weighted by molar-refractivity contribution is 6.47. The topological polar surface area (TPSA) is 61.8 Å². The van der Waals surface area contributed by atoms with Gasteiger partial charge >= 0.3 is 0 Å². The van der Waals surface area contributed by atoms with Crippen molar-refractivity contribution in [1.29, 1.82) is 0 Å². The lowest BCUT2D eigenvalue weighted by molar-refractivity contribution is -0.131. The average Bonchev–Trinajstić information content (AvgIpc) is 2.84. The first-order valence-corrected chi connectivity index (χ1v) is 9.93. The maximum atomic E-state index is 13.0. The fraction of sp³-hybridized carbons (Fsp3) is 0.348. The summed E-state index contributed by atoms with van der Waals surface area (Å²) >= 11 is 5.96. The molecule has 29 heavy (non-hydrogen) atoms. The summed E-state index contributed by atoms with van der Waals surface area (Å²) in [6.07, 6.45) is 0. The second kappa shape index (κ2) is 7.64. The van der Waals surface area contributed by atoms with E-state index < -0.39 is 5.66 Å². The lowest BCUT2D eigenvalue weighted by Gasteiger charge is -2.28. The molecule has 2 amide bonds. The van der Waals surface area contributed by atoms with Crippen LogP contribution < -0.4 is 5.32 Å². The second-order valence-corrected chi connectivity index (χ2v) is 9.17. The predicted octanol–water partition coefficient (Wildman–Crippen LogP) is 4.64. The average molecular weight is 412 g/mol. The summed E-state index contributed by atoms with van der Waals surface area (Å²) in [7, 11) is 0. The molecule has 2 aromatic rings. The van der Waals surface area contributed by atoms with E-state index in [9.17, 15) is 9.59 Å². The van der Waals surface area contributed by atoms with E-state index in [0.717, 1.165) is 5.56 Å². The molecule has 3 rings (SSSR count). The number of amides is 2. The minimum absolute atomic E-state index is 0.0315. The summed E-state index contributed by atoms with van der Waals surface area (Å²) in [6, 6.07) is 14.8. The number of benzene rings is 2. The van der Waals surface area contributed by atoms with Gasteiger partial charge in [-0.25, -0.2) is 0 Å². The summed E-state index contributed by atoms with van der Waals surface area (Å²) in [6.45, 7) is 9.99. The first-order chi connectivity index (χ1) is 13.5. The Morgan fingerprint density at radius 1 is 1.14 bits per heavy atom. The van der Waals surface area contributed by atoms with E-state index >= 15 is 0 Å². The predicted molar refractivity (Wildman–Crippen MR) is 118 cm³/mol. The van der Waals surface area contributed by atoms with Crippen LogP contribution in [0.5, 0.6) is 0 Å². The van der Waals surface area contributed by atoms with Gasteiger partial charge in [-0.05, 0) is 43.0 Å². The zero-order chi connectivity index (χ0) is 21.4. The van der Waals surface area contributed by atoms with Crippen LogP contribution in [-0.2, 0) is 15.0 Å². The summed E-state index contributed by atoms with van der Waals surface area (Å²) < 4.78 is 0. The maximum Gasteiger partial charge on any atom is 0.275 e. The molecule has 152 valence electrons. The van der Waals surface area contributed by atoms with Crippen molar-refractivity contribution in [3.05, 3.63) is 64.7 Å². The molecule has 2 aromatic carbocycles. The van der Waals surface area contributed by atoms with Crippen LogP contribution in [0, 0.1) is 0 Å². The van der Waals surface area contributed by atoms with Gasteiger partial charge in [-0.15, -0.1) is 0 Å². The normalized spacial score (nSPS) is 16.0. The van der Waals surface area contributed by atoms with E-state index in [1.807, 2.05) is 38.1 Å². The third-order valence-electron chi connectivity index (χ3n) is 4.93. The second-order valence-electron chi connectivity index (χ2n) is 8.73. The van der Waals surface area contributed by atoms with Crippen molar-refractivity contribution in [2.45, 2.75) is 45.7 Å². The monoisotopic (exact) mass is 411 g/mol. The molecule has 1 aliphatic heterocycles. The van der Waals surface area contributed by atoms with Gasteiger partial charge in [0.25, 0.3) is 5.91 Å². The van der Waals surface area contributed by atoms with Crippen LogP contribution in [0.25, 0.3) is 0 Å². The van der Waals surface area contributed by atoms with Crippen molar-refractivity contribution >= 4 is 34.8 Å². The Bertz CT molecular complexity index is 972. The number of rotatable bonds is 4. The van der Waals surface area contributed by atoms with Gasteiger partial charge in [0.1, 0.15) is 17.9 Å². The molecule has 0 aliphatic carbocycles. The lowest BCUT2D eigenvalue weighted by atomic mass is 9.86. The number of carbonyl (C=O) groups is 2. The number of nitrogens with one attached hydrogen (secondary N) is 1. The van der Waals surface area contributed by atoms with E-state index in [1.165, 1.54) is 10.5 Å². The molecule has 1 heterocycles. The molecule has 0 unspecified atom stereocenters. The fourth-order valence-corrected chi connectivity index (χ4v) is 3.44. The van der Waals surface area contributed by atoms with Crippen LogP contribution in [0.2, 0.25) is 5.02 Å². The molecule has 0 aromatic heterocycles. The van der Waals surface area contributed by atoms with E-state index in [1.54, 1.807) is 24.3 Å². The van der Waals surface area contributed by atoms with Crippen LogP contribution in [0.3, 0.4) is 0 Å². The van der Waals surface area contributed by atoms with Crippen molar-refractivity contribution in [3.8, 4) is 0 Å². The third kappa shape index (κ3) is 4.67. The number of nitrogens with zero attached hydrogens (tertiary/aromatic N) is 2. The Balaban J connectivity index is 1.76. The Labute approximate surface area is 176 Å². The largest absolute Gasteiger partial charge is 0.324 e. The highest BCUT2D eigenvalue weighted by atomic mass is 35.5. The smallest absolute Gasteiger partial charge is 0.275 e. The van der Waals surface area contributed by atoms with Crippen molar-refractivity contribution in [2.75, 3.05) is 11.9 Å². The lowest BCUT2D eigenvalue weighted by Crippen LogP contribution is -2.46. The van der Waals surface area contributed by atoms with E-state index in [2.05, 4.69) is 31.1 Å². The Kier molecular flexibility index (Phi) is 5.54. The van der Waals surface area contributed by atoms with Gasteiger partial charge in [-0.3, -0.25) is 14.6 Å². The minimum Gasteiger partial charge on any atom is -0.324 e. The van der Waals surface area contributed by atoms with Crippen molar-refractivity contribution in [1.82, 2.24) is 4.90 Å². The van der Waals surface area contributed by atoms with E-state index in [-0.39, 0.29) is 23.8 Å². The van der Waals surface area contributed by atoms with Crippen molar-refractivity contribution < 1.29 is 9.59 Å². The number of anilines is 1. The van der Waals surface area contributed by atoms with Crippen LogP contribution in [0.15, 0.2) is 53.5 Å². The van der Waals surface area contributed by atoms with Gasteiger partial charge in [0.15, 0.2) is 0 Å². The van der Waals surface area contributed by atoms with Gasteiger partial charge in [0, 0.05) is 16.3 Å². The highest BCUT2D eigenvalue weighted by Gasteiger charge is 2.41. The zero-order valence-corrected chi connectivity index (χ0v) is 18.2. The van der Waals surface area contributed by atoms with Crippen LogP contribution in [0.1, 0.15) is 45.7 Å². The molecule has 0 atom stereocenters. The van der Waals surface area contributed by atoms with Crippen molar-refractivity contribution in [2.24, 2.45) is 4.99 Å². The van der Waals surface area contributed by atoms with Crippen LogP contribution in [0.4, 0.5) is 5.69 Å². The Hall–Kier alpha value is -2.66. The minimum atomic E-state index is -0.805. The summed E-state index contributed by atoms with van der Waals surface area (Å²) in [5, 5.41) is 3.31. The molecule has 0 bridgehead atoms. The first kappa shape index (κ1) is 21.1. The maximum absolute atomic E-state index is 13.0. The SMILES string of the molecule is CC(C)(C)c1ccc(C2=NC(C)(C)N(CC(=O)Nc3cccc(Cl)c3)C2=O)cc1. The van der Waals surface area contributed by atoms with Gasteiger partial charge in [-0.2, -0.15) is 0 Å². The molecule has 0 radical (unpaired) electrons. The molecule has 5 nitrogen and oxygen atoms in total. The summed E-state index contributed by atoms with van der Waals surface area (Å²) in [4.78, 5) is 31.6. The van der Waals surface area contributed by atoms with Gasteiger partial charge < -0.3 is 10.2 Å². The Morgan fingerprint density at radius 2 is 1.79 bits per heavy atom. The van der Waals surface area contributed by atoms with Crippen molar-refractivity contribution in [3.63, 3.8) is 0 Å². The Morgan fingerprint density at radius 3 is 2.38 bits per heavy atom.